The Bertz CT molecular complexity index is 363. The summed E-state index contributed by atoms with van der Waals surface area (Å²) >= 11 is 0. The zero-order valence-corrected chi connectivity index (χ0v) is 7.82. The van der Waals surface area contributed by atoms with Gasteiger partial charge in [0.15, 0.2) is 0 Å². The summed E-state index contributed by atoms with van der Waals surface area (Å²) in [6, 6.07) is 0. The lowest BCUT2D eigenvalue weighted by Crippen LogP contribution is -2.08. The van der Waals surface area contributed by atoms with E-state index in [1.807, 2.05) is 0 Å². The molecule has 0 atom stereocenters. The minimum absolute atomic E-state index is 0.120. The molecule has 0 amide bonds. The maximum Gasteiger partial charge on any atom is 0.339 e. The summed E-state index contributed by atoms with van der Waals surface area (Å²) in [7, 11) is 0. The van der Waals surface area contributed by atoms with E-state index in [4.69, 9.17) is 5.11 Å². The van der Waals surface area contributed by atoms with Crippen LogP contribution in [0.4, 0.5) is 5.95 Å². The molecule has 1 rings (SSSR count). The van der Waals surface area contributed by atoms with Crippen LogP contribution in [0.2, 0.25) is 0 Å². The Morgan fingerprint density at radius 1 is 1.79 bits per heavy atom. The highest BCUT2D eigenvalue weighted by atomic mass is 16.4. The maximum atomic E-state index is 10.6. The van der Waals surface area contributed by atoms with E-state index in [1.165, 1.54) is 6.20 Å². The maximum absolute atomic E-state index is 10.6. The van der Waals surface area contributed by atoms with Crippen molar-refractivity contribution in [2.24, 2.45) is 0 Å². The van der Waals surface area contributed by atoms with E-state index in [0.29, 0.717) is 18.2 Å². The minimum atomic E-state index is -1.02. The van der Waals surface area contributed by atoms with Crippen molar-refractivity contribution in [3.8, 4) is 0 Å². The van der Waals surface area contributed by atoms with Gasteiger partial charge in [-0.3, -0.25) is 0 Å². The molecule has 0 bridgehead atoms. The second-order valence-corrected chi connectivity index (χ2v) is 2.67. The summed E-state index contributed by atoms with van der Waals surface area (Å²) in [5, 5.41) is 11.6. The quantitative estimate of drug-likeness (QED) is 0.700. The van der Waals surface area contributed by atoms with Crippen molar-refractivity contribution in [2.75, 3.05) is 11.9 Å². The smallest absolute Gasteiger partial charge is 0.339 e. The summed E-state index contributed by atoms with van der Waals surface area (Å²) in [5.74, 6) is -0.606. The molecule has 1 aromatic heterocycles. The molecule has 0 saturated carbocycles. The Labute approximate surface area is 81.5 Å². The molecule has 0 aromatic carbocycles. The monoisotopic (exact) mass is 193 g/mol. The Hall–Kier alpha value is -1.91. The van der Waals surface area contributed by atoms with Gasteiger partial charge in [0.05, 0.1) is 11.3 Å². The molecule has 0 aliphatic heterocycles. The summed E-state index contributed by atoms with van der Waals surface area (Å²) in [5.41, 5.74) is 0.563. The van der Waals surface area contributed by atoms with E-state index in [9.17, 15) is 4.79 Å². The van der Waals surface area contributed by atoms with Crippen molar-refractivity contribution < 1.29 is 9.90 Å². The normalized spacial score (nSPS) is 9.50. The molecule has 5 nitrogen and oxygen atoms in total. The highest BCUT2D eigenvalue weighted by Crippen LogP contribution is 2.06. The van der Waals surface area contributed by atoms with E-state index < -0.39 is 5.97 Å². The van der Waals surface area contributed by atoms with Crippen molar-refractivity contribution in [3.63, 3.8) is 0 Å². The van der Waals surface area contributed by atoms with Gasteiger partial charge in [-0.25, -0.2) is 14.8 Å². The van der Waals surface area contributed by atoms with Crippen LogP contribution >= 0.6 is 0 Å². The first-order valence-corrected chi connectivity index (χ1v) is 4.07. The van der Waals surface area contributed by atoms with Crippen LogP contribution in [0.15, 0.2) is 18.9 Å². The van der Waals surface area contributed by atoms with Crippen molar-refractivity contribution in [1.82, 2.24) is 9.97 Å². The Balaban J connectivity index is 2.88. The van der Waals surface area contributed by atoms with Crippen LogP contribution in [0.25, 0.3) is 0 Å². The van der Waals surface area contributed by atoms with Crippen molar-refractivity contribution in [1.29, 1.82) is 0 Å². The second kappa shape index (κ2) is 4.36. The molecule has 0 aliphatic carbocycles. The molecule has 0 saturated heterocycles. The van der Waals surface area contributed by atoms with Gasteiger partial charge < -0.3 is 10.4 Å². The van der Waals surface area contributed by atoms with E-state index in [1.54, 1.807) is 13.0 Å². The highest BCUT2D eigenvalue weighted by molar-refractivity contribution is 5.88. The van der Waals surface area contributed by atoms with Gasteiger partial charge in [0.25, 0.3) is 0 Å². The molecule has 0 radical (unpaired) electrons. The van der Waals surface area contributed by atoms with Crippen LogP contribution in [-0.2, 0) is 0 Å². The zero-order chi connectivity index (χ0) is 10.6. The third kappa shape index (κ3) is 2.29. The first-order valence-electron chi connectivity index (χ1n) is 4.07. The predicted octanol–water partition coefficient (Wildman–Crippen LogP) is 1.08. The van der Waals surface area contributed by atoms with E-state index in [2.05, 4.69) is 21.9 Å². The van der Waals surface area contributed by atoms with Crippen LogP contribution < -0.4 is 5.32 Å². The lowest BCUT2D eigenvalue weighted by molar-refractivity contribution is 0.0695. The first kappa shape index (κ1) is 10.2. The number of anilines is 1. The fraction of sp³-hybridized carbons (Fsp3) is 0.222. The average molecular weight is 193 g/mol. The molecule has 14 heavy (non-hydrogen) atoms. The number of carbonyl (C=O) groups is 1. The van der Waals surface area contributed by atoms with E-state index in [-0.39, 0.29) is 5.56 Å². The summed E-state index contributed by atoms with van der Waals surface area (Å²) < 4.78 is 0. The van der Waals surface area contributed by atoms with Gasteiger partial charge in [0.2, 0.25) is 5.95 Å². The number of rotatable bonds is 4. The number of carboxylic acid groups (broad SMARTS) is 1. The zero-order valence-electron chi connectivity index (χ0n) is 7.82. The van der Waals surface area contributed by atoms with Crippen LogP contribution in [0.3, 0.4) is 0 Å². The van der Waals surface area contributed by atoms with Crippen molar-refractivity contribution in [3.05, 3.63) is 30.1 Å². The lowest BCUT2D eigenvalue weighted by Gasteiger charge is -2.03. The molecule has 1 aromatic rings. The minimum Gasteiger partial charge on any atom is -0.478 e. The summed E-state index contributed by atoms with van der Waals surface area (Å²) in [6.45, 7) is 5.71. The number of nitrogens with zero attached hydrogens (tertiary/aromatic N) is 2. The highest BCUT2D eigenvalue weighted by Gasteiger charge is 2.08. The molecular weight excluding hydrogens is 182 g/mol. The third-order valence-corrected chi connectivity index (χ3v) is 1.61. The molecule has 74 valence electrons. The van der Waals surface area contributed by atoms with Gasteiger partial charge in [-0.1, -0.05) is 6.08 Å². The number of hydrogen-bond acceptors (Lipinski definition) is 4. The van der Waals surface area contributed by atoms with Crippen LogP contribution in [0.5, 0.6) is 0 Å². The molecule has 5 heteroatoms. The fourth-order valence-electron chi connectivity index (χ4n) is 0.926. The Morgan fingerprint density at radius 3 is 3.00 bits per heavy atom. The molecule has 0 aliphatic rings. The van der Waals surface area contributed by atoms with Crippen molar-refractivity contribution in [2.45, 2.75) is 6.92 Å². The molecule has 0 spiro atoms. The van der Waals surface area contributed by atoms with Gasteiger partial charge >= 0.3 is 5.97 Å². The number of aryl methyl sites for hydroxylation is 1. The number of aromatic carboxylic acids is 1. The fourth-order valence-corrected chi connectivity index (χ4v) is 0.926. The molecule has 2 N–H and O–H groups in total. The standard InChI is InChI=1S/C9H11N3O2/c1-3-4-10-9-11-5-7(8(13)14)6(2)12-9/h3,5H,1,4H2,2H3,(H,13,14)(H,10,11,12). The summed E-state index contributed by atoms with van der Waals surface area (Å²) in [6.07, 6.45) is 2.96. The number of nitrogens with one attached hydrogen (secondary N) is 1. The third-order valence-electron chi connectivity index (χ3n) is 1.61. The van der Waals surface area contributed by atoms with Crippen LogP contribution in [0.1, 0.15) is 16.1 Å². The number of aromatic nitrogens is 2. The lowest BCUT2D eigenvalue weighted by atomic mass is 10.2. The van der Waals surface area contributed by atoms with Crippen LogP contribution in [0, 0.1) is 6.92 Å². The predicted molar refractivity (Wildman–Crippen MR) is 52.4 cm³/mol. The largest absolute Gasteiger partial charge is 0.478 e. The summed E-state index contributed by atoms with van der Waals surface area (Å²) in [4.78, 5) is 18.5. The first-order chi connectivity index (χ1) is 6.65. The molecule has 1 heterocycles. The molecular formula is C9H11N3O2. The van der Waals surface area contributed by atoms with Crippen LogP contribution in [-0.4, -0.2) is 27.6 Å². The van der Waals surface area contributed by atoms with Gasteiger partial charge in [-0.05, 0) is 6.92 Å². The van der Waals surface area contributed by atoms with Gasteiger partial charge in [-0.2, -0.15) is 0 Å². The second-order valence-electron chi connectivity index (χ2n) is 2.67. The Kier molecular flexibility index (Phi) is 3.17. The van der Waals surface area contributed by atoms with Crippen molar-refractivity contribution >= 4 is 11.9 Å². The average Bonchev–Trinajstić information content (AvgIpc) is 2.14. The Morgan fingerprint density at radius 2 is 2.50 bits per heavy atom. The SMILES string of the molecule is C=CCNc1ncc(C(=O)O)c(C)n1. The van der Waals surface area contributed by atoms with E-state index >= 15 is 0 Å². The molecule has 0 unspecified atom stereocenters. The van der Waals surface area contributed by atoms with Gasteiger partial charge in [-0.15, -0.1) is 6.58 Å². The number of hydrogen-bond donors (Lipinski definition) is 2. The molecule has 0 fully saturated rings. The van der Waals surface area contributed by atoms with Gasteiger partial charge in [0, 0.05) is 12.7 Å². The van der Waals surface area contributed by atoms with E-state index in [0.717, 1.165) is 0 Å². The number of carboxylic acids is 1. The topological polar surface area (TPSA) is 75.1 Å². The van der Waals surface area contributed by atoms with Gasteiger partial charge in [0.1, 0.15) is 0 Å².